The molecule has 1 aliphatic heterocycles. The second-order valence-electron chi connectivity index (χ2n) is 10.4. The summed E-state index contributed by atoms with van der Waals surface area (Å²) in [6.07, 6.45) is 0. The quantitative estimate of drug-likeness (QED) is 0.195. The maximum atomic E-state index is 11.5. The van der Waals surface area contributed by atoms with Crippen molar-refractivity contribution in [3.8, 4) is 17.2 Å². The van der Waals surface area contributed by atoms with Gasteiger partial charge in [0.25, 0.3) is 5.69 Å². The summed E-state index contributed by atoms with van der Waals surface area (Å²) in [7, 11) is 3.18. The maximum absolute atomic E-state index is 11.5. The fourth-order valence-corrected chi connectivity index (χ4v) is 4.71. The van der Waals surface area contributed by atoms with E-state index in [-0.39, 0.29) is 70.0 Å². The molecule has 4 rings (SSSR count). The minimum absolute atomic E-state index is 0.0131. The highest BCUT2D eigenvalue weighted by molar-refractivity contribution is 5.62. The molecule has 0 saturated heterocycles. The largest absolute Gasteiger partial charge is 0.507 e. The van der Waals surface area contributed by atoms with Gasteiger partial charge in [-0.25, -0.2) is 0 Å². The molecular formula is C32H38N4O13. The molecule has 0 unspecified atom stereocenters. The van der Waals surface area contributed by atoms with Crippen LogP contribution < -0.4 is 9.47 Å². The van der Waals surface area contributed by atoms with Gasteiger partial charge in [-0.2, -0.15) is 5.11 Å². The molecule has 264 valence electrons. The third-order valence-corrected chi connectivity index (χ3v) is 7.07. The van der Waals surface area contributed by atoms with E-state index in [2.05, 4.69) is 10.2 Å². The lowest BCUT2D eigenvalue weighted by molar-refractivity contribution is -0.393. The molecule has 17 heteroatoms. The Labute approximate surface area is 281 Å². The summed E-state index contributed by atoms with van der Waals surface area (Å²) < 4.78 is 45.4. The molecule has 0 aliphatic carbocycles. The fourth-order valence-electron chi connectivity index (χ4n) is 4.71. The number of phenols is 1. The summed E-state index contributed by atoms with van der Waals surface area (Å²) in [5, 5.41) is 41.6. The van der Waals surface area contributed by atoms with Gasteiger partial charge in [0.1, 0.15) is 17.2 Å². The summed E-state index contributed by atoms with van der Waals surface area (Å²) in [6, 6.07) is 9.77. The van der Waals surface area contributed by atoms with Crippen molar-refractivity contribution in [2.24, 2.45) is 10.2 Å². The highest BCUT2D eigenvalue weighted by Crippen LogP contribution is 2.35. The number of rotatable bonds is 6. The summed E-state index contributed by atoms with van der Waals surface area (Å²) in [4.78, 5) is 21.1. The van der Waals surface area contributed by atoms with Gasteiger partial charge in [-0.15, -0.1) is 5.11 Å². The average Bonchev–Trinajstić information content (AvgIpc) is 3.09. The van der Waals surface area contributed by atoms with Crippen molar-refractivity contribution in [1.82, 2.24) is 0 Å². The van der Waals surface area contributed by atoms with Crippen molar-refractivity contribution in [2.45, 2.75) is 26.4 Å². The second-order valence-corrected chi connectivity index (χ2v) is 10.4. The van der Waals surface area contributed by atoms with Crippen LogP contribution in [0.4, 0.5) is 22.7 Å². The van der Waals surface area contributed by atoms with Gasteiger partial charge in [-0.1, -0.05) is 0 Å². The maximum Gasteiger partial charge on any atom is 0.303 e. The van der Waals surface area contributed by atoms with Gasteiger partial charge in [-0.05, 0) is 30.3 Å². The number of hydrogen-bond acceptors (Lipinski definition) is 15. The zero-order valence-electron chi connectivity index (χ0n) is 27.2. The lowest BCUT2D eigenvalue weighted by atomic mass is 10.1. The van der Waals surface area contributed by atoms with E-state index in [0.717, 1.165) is 29.3 Å². The zero-order chi connectivity index (χ0) is 35.0. The molecule has 49 heavy (non-hydrogen) atoms. The Morgan fingerprint density at radius 2 is 1.12 bits per heavy atom. The van der Waals surface area contributed by atoms with E-state index in [0.29, 0.717) is 49.1 Å². The molecule has 17 nitrogen and oxygen atoms in total. The van der Waals surface area contributed by atoms with Crippen molar-refractivity contribution < 1.29 is 52.8 Å². The Bertz CT molecular complexity index is 1540. The number of non-ortho nitro benzene ring substituents is 1. The van der Waals surface area contributed by atoms with Gasteiger partial charge >= 0.3 is 5.69 Å². The monoisotopic (exact) mass is 686 g/mol. The van der Waals surface area contributed by atoms with Gasteiger partial charge in [-0.3, -0.25) is 20.2 Å². The van der Waals surface area contributed by atoms with E-state index in [9.17, 15) is 25.3 Å². The van der Waals surface area contributed by atoms with Crippen LogP contribution in [0.2, 0.25) is 0 Å². The summed E-state index contributed by atoms with van der Waals surface area (Å²) >= 11 is 0. The number of nitro benzene ring substituents is 2. The van der Waals surface area contributed by atoms with Crippen LogP contribution in [0, 0.1) is 20.2 Å². The van der Waals surface area contributed by atoms with Crippen molar-refractivity contribution in [3.63, 3.8) is 0 Å². The first-order valence-electron chi connectivity index (χ1n) is 15.2. The normalized spacial score (nSPS) is 16.0. The number of benzene rings is 3. The molecule has 1 N–H and O–H groups in total. The number of methoxy groups -OCH3 is 2. The first kappa shape index (κ1) is 37.0. The number of azo groups is 1. The number of ether oxygens (including phenoxy) is 8. The van der Waals surface area contributed by atoms with E-state index in [1.807, 2.05) is 12.1 Å². The first-order chi connectivity index (χ1) is 23.8. The third kappa shape index (κ3) is 11.1. The molecule has 0 atom stereocenters. The molecule has 4 bridgehead atoms. The highest BCUT2D eigenvalue weighted by Gasteiger charge is 2.20. The molecule has 1 heterocycles. The molecule has 1 aliphatic rings. The molecule has 0 saturated carbocycles. The van der Waals surface area contributed by atoms with Crippen LogP contribution in [-0.2, 0) is 54.8 Å². The van der Waals surface area contributed by atoms with Crippen LogP contribution in [0.3, 0.4) is 0 Å². The molecule has 3 aromatic carbocycles. The Hall–Kier alpha value is -4.78. The highest BCUT2D eigenvalue weighted by atomic mass is 16.6. The number of aromatic hydroxyl groups is 1. The van der Waals surface area contributed by atoms with E-state index < -0.39 is 21.2 Å². The van der Waals surface area contributed by atoms with E-state index in [4.69, 9.17) is 37.9 Å². The summed E-state index contributed by atoms with van der Waals surface area (Å²) in [6.45, 7) is 2.68. The second kappa shape index (κ2) is 19.3. The van der Waals surface area contributed by atoms with Crippen molar-refractivity contribution in [3.05, 3.63) is 84.9 Å². The Morgan fingerprint density at radius 1 is 0.633 bits per heavy atom. The smallest absolute Gasteiger partial charge is 0.303 e. The molecule has 0 fully saturated rings. The number of nitro groups is 2. The summed E-state index contributed by atoms with van der Waals surface area (Å²) in [5.74, 6) is 1.23. The molecular weight excluding hydrogens is 648 g/mol. The number of fused-ring (bicyclic) bond motifs is 4. The lowest BCUT2D eigenvalue weighted by Crippen LogP contribution is -2.11. The first-order valence-corrected chi connectivity index (χ1v) is 15.2. The Morgan fingerprint density at radius 3 is 1.57 bits per heavy atom. The predicted octanol–water partition coefficient (Wildman–Crippen LogP) is 5.45. The molecule has 0 aromatic heterocycles. The van der Waals surface area contributed by atoms with Crippen LogP contribution in [0.5, 0.6) is 17.2 Å². The van der Waals surface area contributed by atoms with Crippen LogP contribution in [0.25, 0.3) is 0 Å². The molecule has 0 amide bonds. The minimum atomic E-state index is -0.778. The predicted molar refractivity (Wildman–Crippen MR) is 172 cm³/mol. The van der Waals surface area contributed by atoms with Gasteiger partial charge in [0.05, 0.1) is 115 Å². The molecule has 0 radical (unpaired) electrons. The van der Waals surface area contributed by atoms with E-state index >= 15 is 0 Å². The SMILES string of the molecule is COc1cc2c(OC)c(c1)COCCOCCOCc1cc(N=Nc3ccc([N+](=O)[O-])cc3[N+](=O)[O-])cc(c1O)COCCOCCOC2. The standard InChI is InChI=1S/C32H38N4O13/c1-42-28-15-24-20-48-11-7-44-5-9-46-18-22-13-26(33-34-29-4-3-27(35(38)39)17-30(29)36(40)41)14-23(31(22)37)19-47-10-6-45-8-12-49-21-25(16-28)32(24)43-2/h3-4,13-17,37H,5-12,18-21H2,1-2H3. The zero-order valence-corrected chi connectivity index (χ0v) is 27.2. The fraction of sp³-hybridized carbons (Fsp3) is 0.438. The van der Waals surface area contributed by atoms with Gasteiger partial charge in [0, 0.05) is 28.3 Å². The Balaban J connectivity index is 1.45. The molecule has 3 aromatic rings. The number of hydrogen-bond donors (Lipinski definition) is 1. The van der Waals surface area contributed by atoms with Gasteiger partial charge < -0.3 is 43.0 Å². The van der Waals surface area contributed by atoms with Crippen LogP contribution in [0.1, 0.15) is 22.3 Å². The molecule has 0 spiro atoms. The third-order valence-electron chi connectivity index (χ3n) is 7.07. The lowest BCUT2D eigenvalue weighted by Gasteiger charge is -2.16. The van der Waals surface area contributed by atoms with Gasteiger partial charge in [0.15, 0.2) is 5.69 Å². The summed E-state index contributed by atoms with van der Waals surface area (Å²) in [5.41, 5.74) is 1.37. The average molecular weight is 687 g/mol. The van der Waals surface area contributed by atoms with E-state index in [1.54, 1.807) is 14.2 Å². The van der Waals surface area contributed by atoms with Crippen LogP contribution >= 0.6 is 0 Å². The van der Waals surface area contributed by atoms with Crippen molar-refractivity contribution in [1.29, 1.82) is 0 Å². The van der Waals surface area contributed by atoms with Crippen molar-refractivity contribution in [2.75, 3.05) is 67.1 Å². The van der Waals surface area contributed by atoms with E-state index in [1.165, 1.54) is 12.1 Å². The minimum Gasteiger partial charge on any atom is -0.507 e. The topological polar surface area (TPSA) is 205 Å². The van der Waals surface area contributed by atoms with Crippen LogP contribution in [0.15, 0.2) is 52.7 Å². The number of phenolic OH excluding ortho intramolecular Hbond substituents is 1. The van der Waals surface area contributed by atoms with Gasteiger partial charge in [0.2, 0.25) is 0 Å². The van der Waals surface area contributed by atoms with Crippen molar-refractivity contribution >= 4 is 22.7 Å². The number of nitrogens with zero attached hydrogens (tertiary/aromatic N) is 4. The van der Waals surface area contributed by atoms with Crippen LogP contribution in [-0.4, -0.2) is 82.0 Å². The Kier molecular flexibility index (Phi) is 14.6.